The van der Waals surface area contributed by atoms with E-state index < -0.39 is 0 Å². The monoisotopic (exact) mass is 833 g/mol. The Bertz CT molecular complexity index is 3640. The molecular weight excluding hydrogens is 799 g/mol. The number of nitrogens with zero attached hydrogens (tertiary/aromatic N) is 9. The average molecular weight is 834 g/mol. The van der Waals surface area contributed by atoms with Crippen molar-refractivity contribution in [2.24, 2.45) is 0 Å². The summed E-state index contributed by atoms with van der Waals surface area (Å²) in [5, 5.41) is 14.4. The molecule has 12 aromatic rings. The first-order valence-electron chi connectivity index (χ1n) is 21.3. The Balaban J connectivity index is 1.17. The molecule has 304 valence electrons. The van der Waals surface area contributed by atoms with Crippen molar-refractivity contribution < 1.29 is 0 Å². The maximum atomic E-state index is 10.1. The Morgan fingerprint density at radius 2 is 0.831 bits per heavy atom. The Kier molecular flexibility index (Phi) is 8.88. The number of hydrogen-bond donors (Lipinski definition) is 0. The minimum Gasteiger partial charge on any atom is -0.309 e. The van der Waals surface area contributed by atoms with Crippen LogP contribution in [0.3, 0.4) is 0 Å². The molecule has 0 saturated carbocycles. The van der Waals surface area contributed by atoms with Crippen molar-refractivity contribution >= 4 is 43.6 Å². The van der Waals surface area contributed by atoms with Crippen LogP contribution in [-0.4, -0.2) is 39.0 Å². The highest BCUT2D eigenvalue weighted by Gasteiger charge is 2.24. The van der Waals surface area contributed by atoms with E-state index in [1.807, 2.05) is 42.5 Å². The van der Waals surface area contributed by atoms with Gasteiger partial charge >= 0.3 is 0 Å². The molecule has 0 fully saturated rings. The van der Waals surface area contributed by atoms with Crippen LogP contribution >= 0.6 is 0 Å². The normalized spacial score (nSPS) is 11.4. The highest BCUT2D eigenvalue weighted by molar-refractivity contribution is 6.13. The molecule has 0 N–H and O–H groups in total. The van der Waals surface area contributed by atoms with E-state index in [-0.39, 0.29) is 0 Å². The molecule has 0 amide bonds. The van der Waals surface area contributed by atoms with Crippen molar-refractivity contribution in [1.29, 1.82) is 5.26 Å². The Labute approximate surface area is 373 Å². The average Bonchev–Trinajstić information content (AvgIpc) is 3.88. The largest absolute Gasteiger partial charge is 0.309 e. The molecule has 0 unspecified atom stereocenters. The van der Waals surface area contributed by atoms with Crippen LogP contribution in [0.1, 0.15) is 11.1 Å². The number of rotatable bonds is 7. The van der Waals surface area contributed by atoms with Crippen LogP contribution in [0.5, 0.6) is 0 Å². The van der Waals surface area contributed by atoms with Gasteiger partial charge in [-0.2, -0.15) is 5.26 Å². The van der Waals surface area contributed by atoms with Crippen LogP contribution in [0.15, 0.2) is 195 Å². The standard InChI is InChI=1S/C56H35N9/c1-35-48(64-49-18-13-38(37-10-3-2-4-11-37)30-44(49)45-31-40(14-19-50(45)64)54-58-23-6-24-59-54)22-17-43(39-12-5-9-36(29-39)34-57)53(35)65-51-20-15-41(55-60-25-7-26-61-55)32-46(51)47-33-42(16-21-52(47)65)56-62-27-8-28-63-56/h2-33H,1H3. The van der Waals surface area contributed by atoms with Crippen molar-refractivity contribution in [3.8, 4) is 73.9 Å². The fraction of sp³-hybridized carbons (Fsp3) is 0.0179. The van der Waals surface area contributed by atoms with Crippen LogP contribution in [0.4, 0.5) is 0 Å². The first kappa shape index (κ1) is 37.6. The van der Waals surface area contributed by atoms with Crippen LogP contribution in [0, 0.1) is 18.3 Å². The lowest BCUT2D eigenvalue weighted by Gasteiger charge is -2.21. The van der Waals surface area contributed by atoms with E-state index in [1.54, 1.807) is 37.2 Å². The van der Waals surface area contributed by atoms with Gasteiger partial charge in [-0.15, -0.1) is 0 Å². The lowest BCUT2D eigenvalue weighted by molar-refractivity contribution is 1.10. The molecule has 5 heterocycles. The van der Waals surface area contributed by atoms with E-state index >= 15 is 0 Å². The van der Waals surface area contributed by atoms with Gasteiger partial charge in [0.2, 0.25) is 0 Å². The highest BCUT2D eigenvalue weighted by atomic mass is 15.0. The molecule has 0 aliphatic heterocycles. The second-order valence-electron chi connectivity index (χ2n) is 16.0. The summed E-state index contributed by atoms with van der Waals surface area (Å²) in [7, 11) is 0. The van der Waals surface area contributed by atoms with Crippen LogP contribution in [0.2, 0.25) is 0 Å². The number of aromatic nitrogens is 8. The minimum absolute atomic E-state index is 0.590. The number of nitriles is 1. The molecule has 0 aliphatic rings. The van der Waals surface area contributed by atoms with E-state index in [9.17, 15) is 5.26 Å². The van der Waals surface area contributed by atoms with Crippen molar-refractivity contribution in [2.75, 3.05) is 0 Å². The first-order chi connectivity index (χ1) is 32.1. The van der Waals surface area contributed by atoms with Gasteiger partial charge in [0, 0.05) is 81.0 Å². The Hall–Kier alpha value is -9.13. The molecule has 0 atom stereocenters. The van der Waals surface area contributed by atoms with Gasteiger partial charge in [0.05, 0.1) is 45.1 Å². The van der Waals surface area contributed by atoms with E-state index in [0.29, 0.717) is 23.0 Å². The van der Waals surface area contributed by atoms with Crippen molar-refractivity contribution in [3.05, 3.63) is 206 Å². The third-order valence-corrected chi connectivity index (χ3v) is 12.3. The molecule has 12 rings (SSSR count). The topological polar surface area (TPSA) is 111 Å². The number of hydrogen-bond acceptors (Lipinski definition) is 7. The smallest absolute Gasteiger partial charge is 0.159 e. The van der Waals surface area contributed by atoms with Crippen molar-refractivity contribution in [1.82, 2.24) is 39.0 Å². The van der Waals surface area contributed by atoms with Gasteiger partial charge in [0.15, 0.2) is 17.5 Å². The van der Waals surface area contributed by atoms with Gasteiger partial charge in [0.1, 0.15) is 0 Å². The van der Waals surface area contributed by atoms with Gasteiger partial charge < -0.3 is 9.13 Å². The number of benzene rings is 7. The predicted octanol–water partition coefficient (Wildman–Crippen LogP) is 12.8. The Morgan fingerprint density at radius 3 is 1.32 bits per heavy atom. The second kappa shape index (κ2) is 15.3. The maximum absolute atomic E-state index is 10.1. The zero-order chi connectivity index (χ0) is 43.4. The van der Waals surface area contributed by atoms with Gasteiger partial charge in [-0.1, -0.05) is 54.6 Å². The molecule has 5 aromatic heterocycles. The van der Waals surface area contributed by atoms with E-state index in [2.05, 4.69) is 167 Å². The summed E-state index contributed by atoms with van der Waals surface area (Å²) in [5.74, 6) is 1.97. The maximum Gasteiger partial charge on any atom is 0.159 e. The highest BCUT2D eigenvalue weighted by Crippen LogP contribution is 2.44. The van der Waals surface area contributed by atoms with E-state index in [0.717, 1.165) is 99.5 Å². The molecule has 0 saturated heterocycles. The van der Waals surface area contributed by atoms with E-state index in [1.165, 1.54) is 0 Å². The first-order valence-corrected chi connectivity index (χ1v) is 21.3. The summed E-state index contributed by atoms with van der Waals surface area (Å²) < 4.78 is 4.75. The quantitative estimate of drug-likeness (QED) is 0.157. The summed E-state index contributed by atoms with van der Waals surface area (Å²) >= 11 is 0. The zero-order valence-corrected chi connectivity index (χ0v) is 35.0. The third kappa shape index (κ3) is 6.31. The van der Waals surface area contributed by atoms with Crippen molar-refractivity contribution in [2.45, 2.75) is 6.92 Å². The van der Waals surface area contributed by atoms with Crippen LogP contribution in [-0.2, 0) is 0 Å². The minimum atomic E-state index is 0.590. The molecule has 65 heavy (non-hydrogen) atoms. The number of fused-ring (bicyclic) bond motifs is 6. The summed E-state index contributed by atoms with van der Waals surface area (Å²) in [6.45, 7) is 2.21. The lowest BCUT2D eigenvalue weighted by Crippen LogP contribution is -2.06. The summed E-state index contributed by atoms with van der Waals surface area (Å²) in [4.78, 5) is 27.7. The molecule has 9 heteroatoms. The zero-order valence-electron chi connectivity index (χ0n) is 35.0. The van der Waals surface area contributed by atoms with Crippen LogP contribution < -0.4 is 0 Å². The van der Waals surface area contributed by atoms with Crippen LogP contribution in [0.25, 0.3) is 111 Å². The van der Waals surface area contributed by atoms with Crippen molar-refractivity contribution in [3.63, 3.8) is 0 Å². The SMILES string of the molecule is Cc1c(-n2c3ccc(-c4ccccc4)cc3c3cc(-c4ncccn4)ccc32)ccc(-c2cccc(C#N)c2)c1-n1c2ccc(-c3ncccn3)cc2c2cc(-c3ncccn3)ccc21. The summed E-state index contributed by atoms with van der Waals surface area (Å²) in [6.07, 6.45) is 10.6. The van der Waals surface area contributed by atoms with Gasteiger partial charge in [-0.3, -0.25) is 0 Å². The summed E-state index contributed by atoms with van der Waals surface area (Å²) in [6, 6.07) is 56.8. The molecule has 0 aliphatic carbocycles. The second-order valence-corrected chi connectivity index (χ2v) is 16.0. The fourth-order valence-electron chi connectivity index (χ4n) is 9.33. The van der Waals surface area contributed by atoms with Gasteiger partial charge in [-0.25, -0.2) is 29.9 Å². The molecule has 9 nitrogen and oxygen atoms in total. The molecule has 0 bridgehead atoms. The lowest BCUT2D eigenvalue weighted by atomic mass is 9.97. The van der Waals surface area contributed by atoms with Gasteiger partial charge in [-0.05, 0) is 132 Å². The van der Waals surface area contributed by atoms with Gasteiger partial charge in [0.25, 0.3) is 0 Å². The molecule has 7 aromatic carbocycles. The summed E-state index contributed by atoms with van der Waals surface area (Å²) in [5.41, 5.74) is 14.8. The van der Waals surface area contributed by atoms with E-state index in [4.69, 9.17) is 0 Å². The molecule has 0 radical (unpaired) electrons. The molecular formula is C56H35N9. The predicted molar refractivity (Wildman–Crippen MR) is 259 cm³/mol. The fourth-order valence-corrected chi connectivity index (χ4v) is 9.33. The molecule has 0 spiro atoms. The Morgan fingerprint density at radius 1 is 0.385 bits per heavy atom. The third-order valence-electron chi connectivity index (χ3n) is 12.3.